The summed E-state index contributed by atoms with van der Waals surface area (Å²) in [5, 5.41) is 1.86. The molecule has 0 amide bonds. The molecule has 2 fully saturated rings. The molecule has 2 bridgehead atoms. The topological polar surface area (TPSA) is 41.7 Å². The van der Waals surface area contributed by atoms with Crippen LogP contribution >= 0.6 is 0 Å². The van der Waals surface area contributed by atoms with Crippen LogP contribution in [0.15, 0.2) is 0 Å². The van der Waals surface area contributed by atoms with E-state index in [4.69, 9.17) is 10.6 Å². The number of hydrazine groups is 1. The Morgan fingerprint density at radius 2 is 2.17 bits per heavy atom. The van der Waals surface area contributed by atoms with E-state index in [2.05, 4.69) is 18.7 Å². The van der Waals surface area contributed by atoms with Crippen LogP contribution in [0.1, 0.15) is 13.8 Å². The van der Waals surface area contributed by atoms with Crippen LogP contribution in [-0.2, 0) is 4.74 Å². The number of nitrogens with two attached hydrogens (primary N) is 1. The van der Waals surface area contributed by atoms with Crippen LogP contribution in [0.2, 0.25) is 0 Å². The van der Waals surface area contributed by atoms with E-state index in [-0.39, 0.29) is 6.23 Å². The third-order valence-corrected chi connectivity index (χ3v) is 2.80. The predicted molar refractivity (Wildman–Crippen MR) is 46.3 cm³/mol. The second kappa shape index (κ2) is 2.96. The van der Waals surface area contributed by atoms with E-state index in [0.717, 1.165) is 19.7 Å². The van der Waals surface area contributed by atoms with Crippen molar-refractivity contribution in [1.82, 2.24) is 9.91 Å². The molecule has 2 atom stereocenters. The molecule has 2 N–H and O–H groups in total. The van der Waals surface area contributed by atoms with E-state index in [1.165, 1.54) is 0 Å². The summed E-state index contributed by atoms with van der Waals surface area (Å²) in [5.41, 5.74) is 0. The fourth-order valence-electron chi connectivity index (χ4n) is 1.89. The first kappa shape index (κ1) is 8.44. The van der Waals surface area contributed by atoms with Crippen LogP contribution in [0, 0.1) is 0 Å². The highest BCUT2D eigenvalue weighted by Gasteiger charge is 2.39. The Labute approximate surface area is 73.2 Å². The normalized spacial score (nSPS) is 38.0. The molecule has 4 heteroatoms. The van der Waals surface area contributed by atoms with Crippen molar-refractivity contribution < 1.29 is 4.74 Å². The van der Waals surface area contributed by atoms with Crippen molar-refractivity contribution in [2.75, 3.05) is 19.7 Å². The maximum Gasteiger partial charge on any atom is 0.135 e. The van der Waals surface area contributed by atoms with Crippen molar-refractivity contribution in [3.63, 3.8) is 0 Å². The Balaban J connectivity index is 2.02. The van der Waals surface area contributed by atoms with Crippen LogP contribution in [-0.4, -0.2) is 47.9 Å². The number of fused-ring (bicyclic) bond motifs is 2. The summed E-state index contributed by atoms with van der Waals surface area (Å²) in [7, 11) is 0. The first-order chi connectivity index (χ1) is 5.68. The van der Waals surface area contributed by atoms with Gasteiger partial charge >= 0.3 is 0 Å². The molecule has 2 unspecified atom stereocenters. The van der Waals surface area contributed by atoms with E-state index >= 15 is 0 Å². The van der Waals surface area contributed by atoms with Crippen LogP contribution < -0.4 is 5.84 Å². The fraction of sp³-hybridized carbons (Fsp3) is 1.00. The molecule has 12 heavy (non-hydrogen) atoms. The average Bonchev–Trinajstić information content (AvgIpc) is 2.30. The van der Waals surface area contributed by atoms with Gasteiger partial charge in [0.15, 0.2) is 0 Å². The molecule has 0 radical (unpaired) electrons. The van der Waals surface area contributed by atoms with Gasteiger partial charge in [-0.2, -0.15) is 0 Å². The molecule has 0 aromatic rings. The summed E-state index contributed by atoms with van der Waals surface area (Å²) in [4.78, 5) is 2.42. The van der Waals surface area contributed by atoms with E-state index in [9.17, 15) is 0 Å². The number of nitrogens with zero attached hydrogens (tertiary/aromatic N) is 2. The average molecular weight is 171 g/mol. The van der Waals surface area contributed by atoms with Crippen molar-refractivity contribution in [3.05, 3.63) is 0 Å². The lowest BCUT2D eigenvalue weighted by Gasteiger charge is -2.38. The molecule has 2 rings (SSSR count). The van der Waals surface area contributed by atoms with Crippen LogP contribution in [0.4, 0.5) is 0 Å². The van der Waals surface area contributed by atoms with E-state index < -0.39 is 0 Å². The monoisotopic (exact) mass is 171 g/mol. The van der Waals surface area contributed by atoms with E-state index in [1.54, 1.807) is 0 Å². The van der Waals surface area contributed by atoms with Gasteiger partial charge in [0.25, 0.3) is 0 Å². The third kappa shape index (κ3) is 1.25. The summed E-state index contributed by atoms with van der Waals surface area (Å²) < 4.78 is 5.53. The van der Waals surface area contributed by atoms with E-state index in [0.29, 0.717) is 12.1 Å². The van der Waals surface area contributed by atoms with Gasteiger partial charge in [0.05, 0.1) is 12.6 Å². The summed E-state index contributed by atoms with van der Waals surface area (Å²) in [6.45, 7) is 7.22. The van der Waals surface area contributed by atoms with Gasteiger partial charge in [0.2, 0.25) is 0 Å². The third-order valence-electron chi connectivity index (χ3n) is 2.80. The minimum absolute atomic E-state index is 0.131. The van der Waals surface area contributed by atoms with Crippen molar-refractivity contribution >= 4 is 0 Å². The van der Waals surface area contributed by atoms with Crippen molar-refractivity contribution in [2.45, 2.75) is 32.2 Å². The SMILES string of the molecule is CC(C)N1CC2COC(C1)N2N. The second-order valence-electron chi connectivity index (χ2n) is 3.94. The molecule has 0 saturated carbocycles. The Kier molecular flexibility index (Phi) is 2.08. The summed E-state index contributed by atoms with van der Waals surface area (Å²) in [5.74, 6) is 5.83. The highest BCUT2D eigenvalue weighted by molar-refractivity contribution is 4.88. The van der Waals surface area contributed by atoms with Gasteiger partial charge in [0, 0.05) is 19.1 Å². The van der Waals surface area contributed by atoms with Crippen molar-refractivity contribution in [2.24, 2.45) is 5.84 Å². The summed E-state index contributed by atoms with van der Waals surface area (Å²) >= 11 is 0. The maximum absolute atomic E-state index is 5.83. The Bertz CT molecular complexity index is 160. The number of rotatable bonds is 1. The zero-order valence-corrected chi connectivity index (χ0v) is 7.73. The number of ether oxygens (including phenoxy) is 1. The lowest BCUT2D eigenvalue weighted by molar-refractivity contribution is -0.0298. The predicted octanol–water partition coefficient (Wildman–Crippen LogP) is -0.389. The smallest absolute Gasteiger partial charge is 0.135 e. The molecular formula is C8H17N3O. The Hall–Kier alpha value is -0.160. The van der Waals surface area contributed by atoms with Gasteiger partial charge in [-0.05, 0) is 13.8 Å². The molecule has 2 heterocycles. The molecule has 0 spiro atoms. The summed E-state index contributed by atoms with van der Waals surface area (Å²) in [6, 6.07) is 1.01. The van der Waals surface area contributed by atoms with Crippen LogP contribution in [0.25, 0.3) is 0 Å². The Morgan fingerprint density at radius 1 is 1.42 bits per heavy atom. The maximum atomic E-state index is 5.83. The lowest BCUT2D eigenvalue weighted by Crippen LogP contribution is -2.58. The number of piperazine rings is 1. The largest absolute Gasteiger partial charge is 0.359 e. The quantitative estimate of drug-likeness (QED) is 0.546. The van der Waals surface area contributed by atoms with Crippen molar-refractivity contribution in [3.8, 4) is 0 Å². The Morgan fingerprint density at radius 3 is 2.75 bits per heavy atom. The van der Waals surface area contributed by atoms with Gasteiger partial charge in [-0.25, -0.2) is 5.01 Å². The first-order valence-corrected chi connectivity index (χ1v) is 4.57. The second-order valence-corrected chi connectivity index (χ2v) is 3.94. The first-order valence-electron chi connectivity index (χ1n) is 4.57. The van der Waals surface area contributed by atoms with Gasteiger partial charge in [-0.15, -0.1) is 0 Å². The molecule has 0 aromatic heterocycles. The van der Waals surface area contributed by atoms with Gasteiger partial charge < -0.3 is 4.74 Å². The zero-order chi connectivity index (χ0) is 8.72. The minimum Gasteiger partial charge on any atom is -0.359 e. The van der Waals surface area contributed by atoms with E-state index in [1.807, 2.05) is 5.01 Å². The van der Waals surface area contributed by atoms with Gasteiger partial charge in [-0.1, -0.05) is 0 Å². The van der Waals surface area contributed by atoms with Crippen LogP contribution in [0.5, 0.6) is 0 Å². The molecule has 2 saturated heterocycles. The van der Waals surface area contributed by atoms with Gasteiger partial charge in [-0.3, -0.25) is 10.7 Å². The molecule has 0 aliphatic carbocycles. The number of hydrogen-bond acceptors (Lipinski definition) is 4. The fourth-order valence-corrected chi connectivity index (χ4v) is 1.89. The highest BCUT2D eigenvalue weighted by Crippen LogP contribution is 2.21. The molecule has 70 valence electrons. The molecular weight excluding hydrogens is 154 g/mol. The molecule has 4 nitrogen and oxygen atoms in total. The zero-order valence-electron chi connectivity index (χ0n) is 7.73. The standard InChI is InChI=1S/C8H17N3O/c1-6(2)10-3-7-5-12-8(4-10)11(7)9/h6-8H,3-5,9H2,1-2H3. The molecule has 0 aromatic carbocycles. The van der Waals surface area contributed by atoms with Crippen molar-refractivity contribution in [1.29, 1.82) is 0 Å². The highest BCUT2D eigenvalue weighted by atomic mass is 16.5. The number of hydrogen-bond donors (Lipinski definition) is 1. The summed E-state index contributed by atoms with van der Waals surface area (Å²) in [6.07, 6.45) is 0.131. The van der Waals surface area contributed by atoms with Gasteiger partial charge in [0.1, 0.15) is 6.23 Å². The molecule has 2 aliphatic rings. The molecule has 2 aliphatic heterocycles. The lowest BCUT2D eigenvalue weighted by atomic mass is 10.2. The van der Waals surface area contributed by atoms with Crippen LogP contribution in [0.3, 0.4) is 0 Å². The minimum atomic E-state index is 0.131.